The highest BCUT2D eigenvalue weighted by Gasteiger charge is 2.28. The number of halogens is 1. The summed E-state index contributed by atoms with van der Waals surface area (Å²) in [5.41, 5.74) is 2.14. The molecule has 2 aromatic rings. The topological polar surface area (TPSA) is 64.0 Å². The van der Waals surface area contributed by atoms with Gasteiger partial charge in [0.05, 0.1) is 6.33 Å². The zero-order chi connectivity index (χ0) is 17.2. The highest BCUT2D eigenvalue weighted by Crippen LogP contribution is 2.26. The molecular formula is C16H22ClN3O2S. The Balaban J connectivity index is 2.33. The van der Waals surface area contributed by atoms with Crippen molar-refractivity contribution in [1.29, 1.82) is 0 Å². The van der Waals surface area contributed by atoms with Crippen LogP contribution in [-0.4, -0.2) is 18.0 Å². The van der Waals surface area contributed by atoms with Crippen LogP contribution in [0, 0.1) is 5.92 Å². The van der Waals surface area contributed by atoms with Gasteiger partial charge in [-0.1, -0.05) is 56.6 Å². The number of imidazole rings is 1. The van der Waals surface area contributed by atoms with Crippen LogP contribution in [0.3, 0.4) is 0 Å². The summed E-state index contributed by atoms with van der Waals surface area (Å²) in [6.45, 7) is 6.03. The van der Waals surface area contributed by atoms with Crippen molar-refractivity contribution in [3.8, 4) is 0 Å². The van der Waals surface area contributed by atoms with Crippen molar-refractivity contribution in [2.75, 3.05) is 0 Å². The van der Waals surface area contributed by atoms with Gasteiger partial charge < -0.3 is 4.57 Å². The minimum Gasteiger partial charge on any atom is -0.324 e. The molecule has 1 unspecified atom stereocenters. The summed E-state index contributed by atoms with van der Waals surface area (Å²) in [5, 5.41) is -0.0427. The lowest BCUT2D eigenvalue weighted by Crippen LogP contribution is -2.32. The van der Waals surface area contributed by atoms with Crippen molar-refractivity contribution in [2.45, 2.75) is 38.3 Å². The van der Waals surface area contributed by atoms with Crippen LogP contribution in [-0.2, 0) is 23.5 Å². The molecule has 0 aliphatic heterocycles. The fraction of sp³-hybridized carbons (Fsp3) is 0.438. The Kier molecular flexibility index (Phi) is 5.49. The molecule has 0 aliphatic rings. The Labute approximate surface area is 142 Å². The molecule has 1 atom stereocenters. The van der Waals surface area contributed by atoms with Crippen LogP contribution in [0.4, 0.5) is 0 Å². The van der Waals surface area contributed by atoms with Crippen LogP contribution in [0.1, 0.15) is 37.9 Å². The van der Waals surface area contributed by atoms with Crippen molar-refractivity contribution >= 4 is 21.6 Å². The summed E-state index contributed by atoms with van der Waals surface area (Å²) in [6, 6.07) is 7.63. The van der Waals surface area contributed by atoms with E-state index in [-0.39, 0.29) is 22.1 Å². The average Bonchev–Trinajstić information content (AvgIpc) is 2.85. The number of nitrogens with zero attached hydrogens (tertiary/aromatic N) is 2. The van der Waals surface area contributed by atoms with E-state index in [0.29, 0.717) is 0 Å². The van der Waals surface area contributed by atoms with Gasteiger partial charge in [-0.2, -0.15) is 0 Å². The number of sulfonamides is 1. The van der Waals surface area contributed by atoms with Crippen LogP contribution < -0.4 is 4.72 Å². The lowest BCUT2D eigenvalue weighted by Gasteiger charge is -2.22. The SMILES string of the molecule is CCc1ccc(C(NS(=O)(=O)c2ncn(C)c2Cl)C(C)C)cc1. The molecule has 126 valence electrons. The zero-order valence-electron chi connectivity index (χ0n) is 13.7. The zero-order valence-corrected chi connectivity index (χ0v) is 15.3. The monoisotopic (exact) mass is 355 g/mol. The minimum atomic E-state index is -3.79. The molecular weight excluding hydrogens is 334 g/mol. The number of hydrogen-bond acceptors (Lipinski definition) is 3. The standard InChI is InChI=1S/C16H22ClN3O2S/c1-5-12-6-8-13(9-7-12)14(11(2)3)19-23(21,22)16-15(17)20(4)10-18-16/h6-11,14,19H,5H2,1-4H3. The van der Waals surface area contributed by atoms with Crippen LogP contribution in [0.2, 0.25) is 5.15 Å². The van der Waals surface area contributed by atoms with Crippen LogP contribution in [0.5, 0.6) is 0 Å². The summed E-state index contributed by atoms with van der Waals surface area (Å²) in [7, 11) is -2.14. The molecule has 1 heterocycles. The first-order valence-electron chi connectivity index (χ1n) is 7.54. The van der Waals surface area contributed by atoms with Gasteiger partial charge >= 0.3 is 0 Å². The highest BCUT2D eigenvalue weighted by molar-refractivity contribution is 7.89. The summed E-state index contributed by atoms with van der Waals surface area (Å²) >= 11 is 6.02. The van der Waals surface area contributed by atoms with Gasteiger partial charge in [-0.25, -0.2) is 18.1 Å². The molecule has 0 fully saturated rings. The first-order valence-corrected chi connectivity index (χ1v) is 9.40. The second kappa shape index (κ2) is 7.03. The van der Waals surface area contributed by atoms with Crippen molar-refractivity contribution < 1.29 is 8.42 Å². The molecule has 0 radical (unpaired) electrons. The van der Waals surface area contributed by atoms with Gasteiger partial charge in [-0.15, -0.1) is 0 Å². The number of rotatable bonds is 6. The van der Waals surface area contributed by atoms with E-state index in [2.05, 4.69) is 16.6 Å². The van der Waals surface area contributed by atoms with Crippen molar-refractivity contribution in [1.82, 2.24) is 14.3 Å². The molecule has 0 aliphatic carbocycles. The Morgan fingerprint density at radius 3 is 2.30 bits per heavy atom. The Bertz CT molecular complexity index is 767. The summed E-state index contributed by atoms with van der Waals surface area (Å²) in [6.07, 6.45) is 2.33. The van der Waals surface area contributed by atoms with Crippen LogP contribution >= 0.6 is 11.6 Å². The van der Waals surface area contributed by atoms with Crippen molar-refractivity contribution in [3.63, 3.8) is 0 Å². The van der Waals surface area contributed by atoms with Gasteiger partial charge in [0.2, 0.25) is 5.03 Å². The Hall–Kier alpha value is -1.37. The third kappa shape index (κ3) is 3.94. The normalized spacial score (nSPS) is 13.5. The fourth-order valence-electron chi connectivity index (χ4n) is 2.35. The highest BCUT2D eigenvalue weighted by atomic mass is 35.5. The molecule has 1 aromatic heterocycles. The van der Waals surface area contributed by atoms with E-state index < -0.39 is 10.0 Å². The molecule has 0 spiro atoms. The van der Waals surface area contributed by atoms with Gasteiger partial charge in [-0.3, -0.25) is 0 Å². The largest absolute Gasteiger partial charge is 0.324 e. The van der Waals surface area contributed by atoms with Crippen molar-refractivity contribution in [3.05, 3.63) is 46.9 Å². The summed E-state index contributed by atoms with van der Waals surface area (Å²) < 4.78 is 29.4. The second-order valence-corrected chi connectivity index (χ2v) is 7.88. The van der Waals surface area contributed by atoms with Gasteiger partial charge in [0.25, 0.3) is 10.0 Å². The predicted molar refractivity (Wildman–Crippen MR) is 91.9 cm³/mol. The Morgan fingerprint density at radius 1 is 1.26 bits per heavy atom. The average molecular weight is 356 g/mol. The maximum atomic E-state index is 12.6. The number of hydrogen-bond donors (Lipinski definition) is 1. The molecule has 0 amide bonds. The molecule has 0 saturated carbocycles. The van der Waals surface area contributed by atoms with E-state index >= 15 is 0 Å². The lowest BCUT2D eigenvalue weighted by atomic mass is 9.96. The fourth-order valence-corrected chi connectivity index (χ4v) is 4.15. The third-order valence-electron chi connectivity index (χ3n) is 3.78. The van der Waals surface area contributed by atoms with Crippen LogP contribution in [0.25, 0.3) is 0 Å². The Morgan fingerprint density at radius 2 is 1.87 bits per heavy atom. The minimum absolute atomic E-state index is 0.0831. The number of aryl methyl sites for hydroxylation is 2. The lowest BCUT2D eigenvalue weighted by molar-refractivity contribution is 0.462. The van der Waals surface area contributed by atoms with E-state index in [1.54, 1.807) is 7.05 Å². The second-order valence-electron chi connectivity index (χ2n) is 5.89. The smallest absolute Gasteiger partial charge is 0.261 e. The van der Waals surface area contributed by atoms with E-state index in [0.717, 1.165) is 12.0 Å². The molecule has 1 N–H and O–H groups in total. The van der Waals surface area contributed by atoms with E-state index in [1.807, 2.05) is 38.1 Å². The molecule has 0 saturated heterocycles. The van der Waals surface area contributed by atoms with Gasteiger partial charge in [-0.05, 0) is 23.5 Å². The van der Waals surface area contributed by atoms with E-state index in [1.165, 1.54) is 16.5 Å². The first kappa shape index (κ1) is 18.0. The molecule has 0 bridgehead atoms. The summed E-state index contributed by atoms with van der Waals surface area (Å²) in [5.74, 6) is 0.0831. The van der Waals surface area contributed by atoms with Crippen LogP contribution in [0.15, 0.2) is 35.6 Å². The third-order valence-corrected chi connectivity index (χ3v) is 5.71. The van der Waals surface area contributed by atoms with Gasteiger partial charge in [0.15, 0.2) is 0 Å². The van der Waals surface area contributed by atoms with E-state index in [4.69, 9.17) is 11.6 Å². The maximum Gasteiger partial charge on any atom is 0.261 e. The van der Waals surface area contributed by atoms with Crippen molar-refractivity contribution in [2.24, 2.45) is 13.0 Å². The molecule has 1 aromatic carbocycles. The molecule has 23 heavy (non-hydrogen) atoms. The van der Waals surface area contributed by atoms with Gasteiger partial charge in [0, 0.05) is 13.1 Å². The first-order chi connectivity index (χ1) is 10.8. The van der Waals surface area contributed by atoms with Gasteiger partial charge in [0.1, 0.15) is 5.15 Å². The number of aromatic nitrogens is 2. The number of benzene rings is 1. The maximum absolute atomic E-state index is 12.6. The quantitative estimate of drug-likeness (QED) is 0.864. The number of nitrogens with one attached hydrogen (secondary N) is 1. The summed E-state index contributed by atoms with van der Waals surface area (Å²) in [4.78, 5) is 3.90. The molecule has 2 rings (SSSR count). The molecule has 5 nitrogen and oxygen atoms in total. The van der Waals surface area contributed by atoms with E-state index in [9.17, 15) is 8.42 Å². The molecule has 7 heteroatoms. The predicted octanol–water partition coefficient (Wildman–Crippen LogP) is 3.31.